The largest absolute Gasteiger partial charge is 0.446 e. The Kier molecular flexibility index (Phi) is 4.71. The standard InChI is InChI=1S/C15H28N2O2/c1-15(2,3)16-14(18)19-13-8-10-17(11-9-13)12-6-4-5-7-12/h12-13H,4-11H2,1-3H3,(H,16,18). The van der Waals surface area contributed by atoms with Crippen LogP contribution in [0.15, 0.2) is 0 Å². The molecule has 2 rings (SSSR count). The first-order chi connectivity index (χ1) is 8.94. The molecular formula is C15H28N2O2. The number of carbonyl (C=O) groups excluding carboxylic acids is 1. The van der Waals surface area contributed by atoms with Gasteiger partial charge in [0.15, 0.2) is 0 Å². The molecule has 1 aliphatic heterocycles. The quantitative estimate of drug-likeness (QED) is 0.837. The van der Waals surface area contributed by atoms with Gasteiger partial charge >= 0.3 is 6.09 Å². The molecule has 0 aromatic heterocycles. The second-order valence-electron chi connectivity index (χ2n) is 6.95. The van der Waals surface area contributed by atoms with Crippen molar-refractivity contribution >= 4 is 6.09 Å². The summed E-state index contributed by atoms with van der Waals surface area (Å²) in [6, 6.07) is 0.796. The number of nitrogens with zero attached hydrogens (tertiary/aromatic N) is 1. The van der Waals surface area contributed by atoms with Gasteiger partial charge in [-0.15, -0.1) is 0 Å². The van der Waals surface area contributed by atoms with Crippen molar-refractivity contribution in [2.75, 3.05) is 13.1 Å². The van der Waals surface area contributed by atoms with Crippen LogP contribution < -0.4 is 5.32 Å². The summed E-state index contributed by atoms with van der Waals surface area (Å²) in [5, 5.41) is 2.86. The van der Waals surface area contributed by atoms with Gasteiger partial charge in [-0.3, -0.25) is 0 Å². The number of hydrogen-bond donors (Lipinski definition) is 1. The molecule has 1 amide bonds. The highest BCUT2D eigenvalue weighted by atomic mass is 16.6. The summed E-state index contributed by atoms with van der Waals surface area (Å²) >= 11 is 0. The van der Waals surface area contributed by atoms with Crippen LogP contribution >= 0.6 is 0 Å². The summed E-state index contributed by atoms with van der Waals surface area (Å²) in [5.74, 6) is 0. The fraction of sp³-hybridized carbons (Fsp3) is 0.933. The highest BCUT2D eigenvalue weighted by Crippen LogP contribution is 2.26. The van der Waals surface area contributed by atoms with Crippen LogP contribution in [0, 0.1) is 0 Å². The van der Waals surface area contributed by atoms with Crippen LogP contribution in [0.1, 0.15) is 59.3 Å². The average molecular weight is 268 g/mol. The van der Waals surface area contributed by atoms with Crippen molar-refractivity contribution in [3.63, 3.8) is 0 Å². The van der Waals surface area contributed by atoms with Crippen molar-refractivity contribution in [1.29, 1.82) is 0 Å². The van der Waals surface area contributed by atoms with E-state index < -0.39 is 0 Å². The van der Waals surface area contributed by atoms with Gasteiger partial charge in [0.2, 0.25) is 0 Å². The monoisotopic (exact) mass is 268 g/mol. The zero-order chi connectivity index (χ0) is 13.9. The molecule has 1 heterocycles. The Labute approximate surface area is 116 Å². The summed E-state index contributed by atoms with van der Waals surface area (Å²) in [6.07, 6.45) is 7.27. The number of rotatable bonds is 2. The van der Waals surface area contributed by atoms with Gasteiger partial charge in [-0.2, -0.15) is 0 Å². The Morgan fingerprint density at radius 2 is 1.68 bits per heavy atom. The molecule has 1 saturated carbocycles. The number of ether oxygens (including phenoxy) is 1. The van der Waals surface area contributed by atoms with Gasteiger partial charge in [-0.1, -0.05) is 12.8 Å². The molecule has 19 heavy (non-hydrogen) atoms. The van der Waals surface area contributed by atoms with Crippen molar-refractivity contribution in [3.8, 4) is 0 Å². The Morgan fingerprint density at radius 1 is 1.11 bits per heavy atom. The van der Waals surface area contributed by atoms with E-state index in [1.54, 1.807) is 0 Å². The van der Waals surface area contributed by atoms with E-state index in [0.717, 1.165) is 32.0 Å². The third kappa shape index (κ3) is 4.68. The summed E-state index contributed by atoms with van der Waals surface area (Å²) in [5.41, 5.74) is -0.221. The average Bonchev–Trinajstić information content (AvgIpc) is 2.80. The summed E-state index contributed by atoms with van der Waals surface area (Å²) in [7, 11) is 0. The molecule has 0 bridgehead atoms. The Bertz CT molecular complexity index is 298. The molecule has 1 saturated heterocycles. The fourth-order valence-electron chi connectivity index (χ4n) is 3.12. The molecule has 2 fully saturated rings. The Morgan fingerprint density at radius 3 is 2.21 bits per heavy atom. The lowest BCUT2D eigenvalue weighted by atomic mass is 10.0. The molecule has 0 unspecified atom stereocenters. The first-order valence-electron chi connectivity index (χ1n) is 7.67. The van der Waals surface area contributed by atoms with Gasteiger partial charge < -0.3 is 15.0 Å². The molecule has 110 valence electrons. The van der Waals surface area contributed by atoms with Crippen LogP contribution in [0.3, 0.4) is 0 Å². The lowest BCUT2D eigenvalue weighted by Crippen LogP contribution is -2.46. The molecule has 1 N–H and O–H groups in total. The smallest absolute Gasteiger partial charge is 0.407 e. The van der Waals surface area contributed by atoms with E-state index in [1.165, 1.54) is 25.7 Å². The van der Waals surface area contributed by atoms with E-state index in [0.29, 0.717) is 0 Å². The number of likely N-dealkylation sites (tertiary alicyclic amines) is 1. The fourth-order valence-corrected chi connectivity index (χ4v) is 3.12. The van der Waals surface area contributed by atoms with Gasteiger partial charge in [-0.25, -0.2) is 4.79 Å². The van der Waals surface area contributed by atoms with Crippen LogP contribution in [-0.4, -0.2) is 41.8 Å². The minimum Gasteiger partial charge on any atom is -0.446 e. The van der Waals surface area contributed by atoms with Gasteiger partial charge in [-0.05, 0) is 46.5 Å². The lowest BCUT2D eigenvalue weighted by Gasteiger charge is -2.35. The molecule has 0 spiro atoms. The van der Waals surface area contributed by atoms with Crippen LogP contribution in [0.5, 0.6) is 0 Å². The van der Waals surface area contributed by atoms with Crippen LogP contribution in [-0.2, 0) is 4.74 Å². The predicted octanol–water partition coefficient (Wildman–Crippen LogP) is 2.92. The van der Waals surface area contributed by atoms with Gasteiger partial charge in [0.25, 0.3) is 0 Å². The van der Waals surface area contributed by atoms with Crippen LogP contribution in [0.2, 0.25) is 0 Å². The highest BCUT2D eigenvalue weighted by Gasteiger charge is 2.29. The SMILES string of the molecule is CC(C)(C)NC(=O)OC1CCN(C2CCCC2)CC1. The van der Waals surface area contributed by atoms with E-state index >= 15 is 0 Å². The van der Waals surface area contributed by atoms with Gasteiger partial charge in [0, 0.05) is 24.7 Å². The molecule has 2 aliphatic rings. The van der Waals surface area contributed by atoms with Gasteiger partial charge in [0.1, 0.15) is 6.10 Å². The maximum Gasteiger partial charge on any atom is 0.407 e. The number of hydrogen-bond acceptors (Lipinski definition) is 3. The minimum absolute atomic E-state index is 0.0972. The first kappa shape index (κ1) is 14.6. The predicted molar refractivity (Wildman–Crippen MR) is 76.2 cm³/mol. The number of alkyl carbamates (subject to hydrolysis) is 1. The molecule has 0 aromatic carbocycles. The van der Waals surface area contributed by atoms with Crippen LogP contribution in [0.25, 0.3) is 0 Å². The number of amides is 1. The second kappa shape index (κ2) is 6.12. The molecule has 4 heteroatoms. The molecule has 0 atom stereocenters. The topological polar surface area (TPSA) is 41.6 Å². The van der Waals surface area contributed by atoms with Crippen LogP contribution in [0.4, 0.5) is 4.79 Å². The normalized spacial score (nSPS) is 23.5. The summed E-state index contributed by atoms with van der Waals surface area (Å²) < 4.78 is 5.50. The van der Waals surface area contributed by atoms with Crippen molar-refractivity contribution in [2.24, 2.45) is 0 Å². The highest BCUT2D eigenvalue weighted by molar-refractivity contribution is 5.68. The van der Waals surface area contributed by atoms with E-state index in [1.807, 2.05) is 20.8 Å². The Balaban J connectivity index is 1.69. The molecular weight excluding hydrogens is 240 g/mol. The molecule has 1 aliphatic carbocycles. The summed E-state index contributed by atoms with van der Waals surface area (Å²) in [4.78, 5) is 14.3. The number of carbonyl (C=O) groups is 1. The second-order valence-corrected chi connectivity index (χ2v) is 6.95. The minimum atomic E-state index is -0.271. The third-order valence-corrected chi connectivity index (χ3v) is 4.07. The van der Waals surface area contributed by atoms with E-state index in [4.69, 9.17) is 4.74 Å². The molecule has 4 nitrogen and oxygen atoms in total. The Hall–Kier alpha value is -0.770. The maximum absolute atomic E-state index is 11.7. The lowest BCUT2D eigenvalue weighted by molar-refractivity contribution is 0.0357. The van der Waals surface area contributed by atoms with Crippen molar-refractivity contribution in [3.05, 3.63) is 0 Å². The van der Waals surface area contributed by atoms with Crippen molar-refractivity contribution < 1.29 is 9.53 Å². The van der Waals surface area contributed by atoms with Crippen molar-refractivity contribution in [2.45, 2.75) is 77.0 Å². The van der Waals surface area contributed by atoms with Gasteiger partial charge in [0.05, 0.1) is 0 Å². The van der Waals surface area contributed by atoms with E-state index in [-0.39, 0.29) is 17.7 Å². The zero-order valence-corrected chi connectivity index (χ0v) is 12.6. The first-order valence-corrected chi connectivity index (χ1v) is 7.67. The molecule has 0 aromatic rings. The zero-order valence-electron chi connectivity index (χ0n) is 12.6. The maximum atomic E-state index is 11.7. The summed E-state index contributed by atoms with van der Waals surface area (Å²) in [6.45, 7) is 8.07. The number of piperidine rings is 1. The molecule has 0 radical (unpaired) electrons. The third-order valence-electron chi connectivity index (χ3n) is 4.07. The van der Waals surface area contributed by atoms with E-state index in [9.17, 15) is 4.79 Å². The van der Waals surface area contributed by atoms with Crippen molar-refractivity contribution in [1.82, 2.24) is 10.2 Å². The number of nitrogens with one attached hydrogen (secondary N) is 1. The van der Waals surface area contributed by atoms with E-state index in [2.05, 4.69) is 10.2 Å².